The highest BCUT2D eigenvalue weighted by Gasteiger charge is 2.59. The number of carbonyl (C=O) groups excluding carboxylic acids is 1. The molecule has 1 atom stereocenters. The summed E-state index contributed by atoms with van der Waals surface area (Å²) >= 11 is 0. The summed E-state index contributed by atoms with van der Waals surface area (Å²) in [5, 5.41) is 3.43. The summed E-state index contributed by atoms with van der Waals surface area (Å²) in [6.45, 7) is 4.53. The van der Waals surface area contributed by atoms with Gasteiger partial charge in [0.25, 0.3) is 0 Å². The van der Waals surface area contributed by atoms with Crippen molar-refractivity contribution in [1.82, 2.24) is 10.2 Å². The van der Waals surface area contributed by atoms with Crippen LogP contribution in [0.25, 0.3) is 0 Å². The van der Waals surface area contributed by atoms with Crippen molar-refractivity contribution in [3.63, 3.8) is 0 Å². The van der Waals surface area contributed by atoms with Crippen LogP contribution in [-0.4, -0.2) is 50.7 Å². The molecule has 3 fully saturated rings. The van der Waals surface area contributed by atoms with Crippen molar-refractivity contribution in [3.05, 3.63) is 29.3 Å². The number of methoxy groups -OCH3 is 1. The van der Waals surface area contributed by atoms with Crippen LogP contribution in [0.2, 0.25) is 0 Å². The summed E-state index contributed by atoms with van der Waals surface area (Å²) in [7, 11) is 1.72. The molecular formula is C22H31ClN2O3. The lowest BCUT2D eigenvalue weighted by Crippen LogP contribution is -2.49. The first-order valence-corrected chi connectivity index (χ1v) is 10.5. The largest absolute Gasteiger partial charge is 0.497 e. The lowest BCUT2D eigenvalue weighted by molar-refractivity contribution is -0.143. The second-order valence-corrected chi connectivity index (χ2v) is 8.81. The summed E-state index contributed by atoms with van der Waals surface area (Å²) in [5.41, 5.74) is 2.76. The summed E-state index contributed by atoms with van der Waals surface area (Å²) in [6.07, 6.45) is 6.18. The number of halogens is 1. The number of carbonyl (C=O) groups is 1. The number of nitrogens with one attached hydrogen (secondary N) is 1. The van der Waals surface area contributed by atoms with E-state index >= 15 is 0 Å². The zero-order valence-corrected chi connectivity index (χ0v) is 17.5. The molecule has 0 bridgehead atoms. The topological polar surface area (TPSA) is 50.8 Å². The van der Waals surface area contributed by atoms with Crippen LogP contribution in [0, 0.1) is 11.3 Å². The number of likely N-dealkylation sites (tertiary alicyclic amines) is 1. The third-order valence-electron chi connectivity index (χ3n) is 7.52. The molecule has 6 heteroatoms. The maximum Gasteiger partial charge on any atom is 0.226 e. The van der Waals surface area contributed by atoms with Gasteiger partial charge in [-0.05, 0) is 80.3 Å². The molecule has 1 unspecified atom stereocenters. The van der Waals surface area contributed by atoms with Gasteiger partial charge >= 0.3 is 0 Å². The Balaban J connectivity index is 0.00000192. The molecule has 154 valence electrons. The Hall–Kier alpha value is -1.30. The highest BCUT2D eigenvalue weighted by molar-refractivity contribution is 5.85. The van der Waals surface area contributed by atoms with E-state index in [2.05, 4.69) is 22.3 Å². The van der Waals surface area contributed by atoms with E-state index in [4.69, 9.17) is 9.47 Å². The van der Waals surface area contributed by atoms with Crippen molar-refractivity contribution in [2.75, 3.05) is 39.9 Å². The number of ether oxygens (including phenoxy) is 2. The summed E-state index contributed by atoms with van der Waals surface area (Å²) in [5.74, 6) is 1.59. The van der Waals surface area contributed by atoms with Gasteiger partial charge < -0.3 is 19.7 Å². The summed E-state index contributed by atoms with van der Waals surface area (Å²) < 4.78 is 11.7. The third-order valence-corrected chi connectivity index (χ3v) is 7.52. The number of nitrogens with zero attached hydrogens (tertiary/aromatic N) is 1. The Morgan fingerprint density at radius 1 is 1.21 bits per heavy atom. The van der Waals surface area contributed by atoms with Crippen LogP contribution >= 0.6 is 12.4 Å². The molecule has 0 aromatic heterocycles. The van der Waals surface area contributed by atoms with E-state index in [9.17, 15) is 4.79 Å². The normalized spacial score (nSPS) is 27.0. The maximum absolute atomic E-state index is 13.1. The Labute approximate surface area is 173 Å². The number of piperidine rings is 2. The lowest BCUT2D eigenvalue weighted by Gasteiger charge is -2.45. The van der Waals surface area contributed by atoms with E-state index in [1.807, 2.05) is 6.07 Å². The van der Waals surface area contributed by atoms with E-state index in [0.717, 1.165) is 64.2 Å². The number of hydrogen-bond donors (Lipinski definition) is 1. The van der Waals surface area contributed by atoms with Gasteiger partial charge in [-0.15, -0.1) is 12.4 Å². The van der Waals surface area contributed by atoms with Crippen molar-refractivity contribution in [2.45, 2.75) is 44.1 Å². The molecule has 2 saturated heterocycles. The van der Waals surface area contributed by atoms with Gasteiger partial charge in [0, 0.05) is 19.0 Å². The zero-order chi connectivity index (χ0) is 18.5. The monoisotopic (exact) mass is 406 g/mol. The fraction of sp³-hybridized carbons (Fsp3) is 0.682. The molecule has 28 heavy (non-hydrogen) atoms. The van der Waals surface area contributed by atoms with E-state index < -0.39 is 0 Å². The average Bonchev–Trinajstić information content (AvgIpc) is 3.41. The van der Waals surface area contributed by atoms with Crippen LogP contribution in [-0.2, 0) is 21.6 Å². The zero-order valence-electron chi connectivity index (χ0n) is 16.7. The predicted octanol–water partition coefficient (Wildman–Crippen LogP) is 2.90. The van der Waals surface area contributed by atoms with E-state index in [1.165, 1.54) is 24.0 Å². The van der Waals surface area contributed by atoms with Gasteiger partial charge in [-0.3, -0.25) is 4.79 Å². The summed E-state index contributed by atoms with van der Waals surface area (Å²) in [6, 6.07) is 6.37. The number of rotatable bonds is 2. The first-order valence-electron chi connectivity index (χ1n) is 10.5. The first-order chi connectivity index (χ1) is 13.2. The second-order valence-electron chi connectivity index (χ2n) is 8.81. The summed E-state index contributed by atoms with van der Waals surface area (Å²) in [4.78, 5) is 15.2. The Morgan fingerprint density at radius 2 is 1.96 bits per heavy atom. The molecule has 0 radical (unpaired) electrons. The van der Waals surface area contributed by atoms with Gasteiger partial charge in [0.2, 0.25) is 5.91 Å². The molecule has 1 aromatic carbocycles. The molecule has 1 saturated carbocycles. The standard InChI is InChI=1S/C22H30N2O3.ClH/c1-26-17-2-3-18-16(14-17)4-13-27-22(18)7-11-24(12-8-22)20(25)19-15-21(19)5-9-23-10-6-21;/h2-3,14,19,23H,4-13,15H2,1H3;1H. The minimum Gasteiger partial charge on any atom is -0.497 e. The van der Waals surface area contributed by atoms with Gasteiger partial charge in [-0.25, -0.2) is 0 Å². The average molecular weight is 407 g/mol. The van der Waals surface area contributed by atoms with Gasteiger partial charge in [0.15, 0.2) is 0 Å². The molecule has 1 amide bonds. The van der Waals surface area contributed by atoms with Crippen LogP contribution < -0.4 is 10.1 Å². The van der Waals surface area contributed by atoms with Crippen LogP contribution in [0.1, 0.15) is 43.2 Å². The van der Waals surface area contributed by atoms with Crippen LogP contribution in [0.4, 0.5) is 0 Å². The second kappa shape index (κ2) is 7.51. The van der Waals surface area contributed by atoms with Gasteiger partial charge in [-0.2, -0.15) is 0 Å². The molecule has 4 aliphatic rings. The van der Waals surface area contributed by atoms with Crippen molar-refractivity contribution < 1.29 is 14.3 Å². The lowest BCUT2D eigenvalue weighted by atomic mass is 9.79. The fourth-order valence-electron chi connectivity index (χ4n) is 5.68. The molecule has 5 nitrogen and oxygen atoms in total. The highest BCUT2D eigenvalue weighted by atomic mass is 35.5. The molecule has 1 N–H and O–H groups in total. The molecule has 1 aromatic rings. The molecule has 3 aliphatic heterocycles. The molecule has 1 aliphatic carbocycles. The Morgan fingerprint density at radius 3 is 2.68 bits per heavy atom. The smallest absolute Gasteiger partial charge is 0.226 e. The predicted molar refractivity (Wildman–Crippen MR) is 110 cm³/mol. The molecule has 2 spiro atoms. The van der Waals surface area contributed by atoms with Crippen molar-refractivity contribution in [3.8, 4) is 5.75 Å². The quantitative estimate of drug-likeness (QED) is 0.820. The third kappa shape index (κ3) is 3.21. The van der Waals surface area contributed by atoms with Crippen molar-refractivity contribution in [2.24, 2.45) is 11.3 Å². The Bertz CT molecular complexity index is 739. The van der Waals surface area contributed by atoms with Crippen LogP contribution in [0.5, 0.6) is 5.75 Å². The SMILES string of the molecule is COc1ccc2c(c1)CCOC21CCN(C(=O)C2CC23CCNCC3)CC1.Cl. The molecule has 3 heterocycles. The first kappa shape index (κ1) is 20.0. The van der Waals surface area contributed by atoms with Gasteiger partial charge in [0.1, 0.15) is 5.75 Å². The van der Waals surface area contributed by atoms with Crippen molar-refractivity contribution in [1.29, 1.82) is 0 Å². The molecule has 5 rings (SSSR count). The van der Waals surface area contributed by atoms with Crippen LogP contribution in [0.15, 0.2) is 18.2 Å². The van der Waals surface area contributed by atoms with Crippen LogP contribution in [0.3, 0.4) is 0 Å². The van der Waals surface area contributed by atoms with Gasteiger partial charge in [-0.1, -0.05) is 6.07 Å². The number of hydrogen-bond acceptors (Lipinski definition) is 4. The van der Waals surface area contributed by atoms with Gasteiger partial charge in [0.05, 0.1) is 19.3 Å². The number of amides is 1. The van der Waals surface area contributed by atoms with E-state index in [-0.39, 0.29) is 23.9 Å². The van der Waals surface area contributed by atoms with Crippen molar-refractivity contribution >= 4 is 18.3 Å². The minimum atomic E-state index is -0.216. The maximum atomic E-state index is 13.1. The molecular weight excluding hydrogens is 376 g/mol. The van der Waals surface area contributed by atoms with E-state index in [0.29, 0.717) is 11.3 Å². The number of benzene rings is 1. The highest BCUT2D eigenvalue weighted by Crippen LogP contribution is 2.59. The minimum absolute atomic E-state index is 0. The van der Waals surface area contributed by atoms with E-state index in [1.54, 1.807) is 7.11 Å². The fourth-order valence-corrected chi connectivity index (χ4v) is 5.68. The number of fused-ring (bicyclic) bond motifs is 2. The Kier molecular flexibility index (Phi) is 5.36.